The number of carbonyl (C=O) groups is 1. The third-order valence-corrected chi connectivity index (χ3v) is 23.3. The number of aliphatic carboxylic acids is 1. The fourth-order valence-electron chi connectivity index (χ4n) is 9.30. The van der Waals surface area contributed by atoms with Crippen LogP contribution in [0.2, 0.25) is 0 Å². The summed E-state index contributed by atoms with van der Waals surface area (Å²) in [6.07, 6.45) is 35.3. The first-order valence-electron chi connectivity index (χ1n) is 37.1. The number of unbranched alkanes of at least 4 members (excludes halogenated alkanes) is 28. The monoisotopic (exact) mass is 1480 g/mol. The lowest BCUT2D eigenvalue weighted by Gasteiger charge is -2.41. The van der Waals surface area contributed by atoms with Gasteiger partial charge in [0.15, 0.2) is 4.08 Å². The third kappa shape index (κ3) is 70.2. The van der Waals surface area contributed by atoms with Crippen molar-refractivity contribution in [3.63, 3.8) is 0 Å². The van der Waals surface area contributed by atoms with E-state index in [-0.39, 0.29) is 4.58 Å². The van der Waals surface area contributed by atoms with Gasteiger partial charge in [-0.1, -0.05) is 261 Å². The van der Waals surface area contributed by atoms with Gasteiger partial charge in [-0.25, -0.2) is 4.79 Å². The maximum absolute atomic E-state index is 14.0. The zero-order valence-corrected chi connectivity index (χ0v) is 64.9. The summed E-state index contributed by atoms with van der Waals surface area (Å²) >= 11 is 7.80. The van der Waals surface area contributed by atoms with Gasteiger partial charge in [-0.15, -0.1) is 47.0 Å². The highest BCUT2D eigenvalue weighted by Gasteiger charge is 2.51. The van der Waals surface area contributed by atoms with Crippen molar-refractivity contribution in [2.45, 2.75) is 377 Å². The molecule has 0 saturated carbocycles. The van der Waals surface area contributed by atoms with Crippen molar-refractivity contribution in [3.05, 3.63) is 0 Å². The second-order valence-corrected chi connectivity index (χ2v) is 32.6. The molecule has 14 atom stereocenters. The van der Waals surface area contributed by atoms with Crippen LogP contribution < -0.4 is 0 Å². The first-order valence-corrected chi connectivity index (χ1v) is 40.7. The van der Waals surface area contributed by atoms with Crippen LogP contribution in [0.1, 0.15) is 287 Å². The average molecular weight is 1490 g/mol. The predicted octanol–water partition coefficient (Wildman–Crippen LogP) is 8.17. The van der Waals surface area contributed by atoms with E-state index in [9.17, 15) is 9.90 Å². The summed E-state index contributed by atoms with van der Waals surface area (Å²) < 4.78 is -0.796. The number of aliphatic hydroxyl groups is 20. The normalized spacial score (nSPS) is 16.6. The van der Waals surface area contributed by atoms with E-state index in [0.29, 0.717) is 21.0 Å². The first kappa shape index (κ1) is 108. The SMILES string of the molecule is CCCCCCCCCCC(C)SC(SC(C)CCCCCCCCCC)C(SC(C)CCCCCCCCCC)(SC(C)CCCCCCCCCC)C(=O)O.OC[C@@H](O)[C@@H](O)CO.OC[C@@H](O)[C@@H](O)CO.OC[C@@H](O)[C@@H](O)CO.OC[C@@H](O)[C@@H](O)CO.OC[C@@H](O)[C@@H](O)CO. The lowest BCUT2D eigenvalue weighted by molar-refractivity contribution is -0.137. The molecule has 0 bridgehead atoms. The Bertz CT molecular complexity index is 1350. The van der Waals surface area contributed by atoms with Crippen LogP contribution in [0.4, 0.5) is 0 Å². The van der Waals surface area contributed by atoms with E-state index in [1.165, 1.54) is 218 Å². The van der Waals surface area contributed by atoms with E-state index in [2.05, 4.69) is 55.4 Å². The Balaban J connectivity index is -0.000000408. The Morgan fingerprint density at radius 3 is 0.546 bits per heavy atom. The Hall–Kier alpha value is 0.0700. The van der Waals surface area contributed by atoms with Crippen molar-refractivity contribution in [1.29, 1.82) is 0 Å². The zero-order chi connectivity index (χ0) is 75.1. The molecule has 22 nitrogen and oxygen atoms in total. The number of rotatable bonds is 61. The summed E-state index contributed by atoms with van der Waals surface area (Å²) in [6, 6.07) is 0. The molecule has 21 N–H and O–H groups in total. The molecule has 0 radical (unpaired) electrons. The highest BCUT2D eigenvalue weighted by Crippen LogP contribution is 2.56. The van der Waals surface area contributed by atoms with E-state index in [1.54, 1.807) is 0 Å². The minimum atomic E-state index is -1.22. The van der Waals surface area contributed by atoms with Crippen LogP contribution in [-0.4, -0.2) is 270 Å². The predicted molar refractivity (Wildman–Crippen MR) is 402 cm³/mol. The van der Waals surface area contributed by atoms with E-state index in [4.69, 9.17) is 102 Å². The van der Waals surface area contributed by atoms with Crippen LogP contribution >= 0.6 is 47.0 Å². The second kappa shape index (κ2) is 80.2. The second-order valence-electron chi connectivity index (χ2n) is 25.6. The smallest absolute Gasteiger partial charge is 0.332 e. The summed E-state index contributed by atoms with van der Waals surface area (Å²) in [5.41, 5.74) is 0. The van der Waals surface area contributed by atoms with Gasteiger partial charge in [0.25, 0.3) is 0 Å². The molecule has 0 fully saturated rings. The van der Waals surface area contributed by atoms with Crippen molar-refractivity contribution in [1.82, 2.24) is 0 Å². The number of aliphatic hydroxyl groups excluding tert-OH is 20. The van der Waals surface area contributed by atoms with Gasteiger partial charge >= 0.3 is 5.97 Å². The van der Waals surface area contributed by atoms with Gasteiger partial charge in [0.2, 0.25) is 0 Å². The van der Waals surface area contributed by atoms with E-state index < -0.39 is 137 Å². The molecule has 0 saturated heterocycles. The van der Waals surface area contributed by atoms with Crippen LogP contribution in [0.3, 0.4) is 0 Å². The van der Waals surface area contributed by atoms with E-state index >= 15 is 0 Å². The van der Waals surface area contributed by atoms with Gasteiger partial charge in [-0.3, -0.25) is 0 Å². The Morgan fingerprint density at radius 2 is 0.402 bits per heavy atom. The number of thioether (sulfide) groups is 4. The lowest BCUT2D eigenvalue weighted by atomic mass is 10.1. The third-order valence-electron chi connectivity index (χ3n) is 16.0. The molecule has 0 amide bonds. The van der Waals surface area contributed by atoms with Crippen LogP contribution in [0, 0.1) is 0 Å². The molecule has 0 aromatic rings. The summed E-state index contributed by atoms with van der Waals surface area (Å²) in [4.78, 5) is 14.0. The van der Waals surface area contributed by atoms with Gasteiger partial charge < -0.3 is 107 Å². The van der Waals surface area contributed by atoms with Crippen LogP contribution in [0.15, 0.2) is 0 Å². The molecule has 4 unspecified atom stereocenters. The highest BCUT2D eigenvalue weighted by molar-refractivity contribution is 8.25. The molecule has 0 aromatic heterocycles. The first-order chi connectivity index (χ1) is 46.3. The number of hydrogen-bond donors (Lipinski definition) is 21. The zero-order valence-electron chi connectivity index (χ0n) is 61.6. The standard InChI is InChI=1S/C51H102O2S4.5C4H10O4/c1-9-13-17-21-25-29-33-37-41-45(5)54-50(55-46(6)42-38-34-30-26-22-18-14-10-2)51(49(52)53,56-47(7)43-39-35-31-27-23-19-15-11-3)57-48(8)44-40-36-32-28-24-20-16-12-4;5*5-1-3(7)4(8)2-6/h45-48,50H,9-44H2,1-8H3,(H,52,53);5*3-8H,1-2H2/t;5*3-,4+. The van der Waals surface area contributed by atoms with Crippen molar-refractivity contribution in [2.75, 3.05) is 66.1 Å². The van der Waals surface area contributed by atoms with Gasteiger partial charge in [0.05, 0.1) is 70.7 Å². The molecule has 0 aliphatic rings. The molecule has 97 heavy (non-hydrogen) atoms. The summed E-state index contributed by atoms with van der Waals surface area (Å²) in [5, 5.41) is 179. The molecule has 0 aliphatic heterocycles. The average Bonchev–Trinajstić information content (AvgIpc) is 0.828. The molecule has 592 valence electrons. The van der Waals surface area contributed by atoms with Crippen molar-refractivity contribution < 1.29 is 112 Å². The number of carboxylic acids is 1. The maximum atomic E-state index is 14.0. The quantitative estimate of drug-likeness (QED) is 0.0201. The molecule has 0 aromatic carbocycles. The highest BCUT2D eigenvalue weighted by atomic mass is 32.2. The van der Waals surface area contributed by atoms with Gasteiger partial charge in [-0.05, 0) is 25.7 Å². The lowest BCUT2D eigenvalue weighted by Crippen LogP contribution is -2.44. The molecular weight excluding hydrogens is 1330 g/mol. The topological polar surface area (TPSA) is 442 Å². The fourth-order valence-corrected chi connectivity index (χ4v) is 17.4. The van der Waals surface area contributed by atoms with Gasteiger partial charge in [0.1, 0.15) is 61.0 Å². The molecule has 26 heteroatoms. The molecular formula is C71H152O22S4. The minimum Gasteiger partial charge on any atom is -0.480 e. The minimum absolute atomic E-state index is 0.0418. The van der Waals surface area contributed by atoms with Crippen molar-refractivity contribution >= 4 is 53.0 Å². The van der Waals surface area contributed by atoms with Crippen molar-refractivity contribution in [2.24, 2.45) is 0 Å². The van der Waals surface area contributed by atoms with Gasteiger partial charge in [0, 0.05) is 21.0 Å². The summed E-state index contributed by atoms with van der Waals surface area (Å²) in [6.45, 7) is 13.5. The molecule has 0 aliphatic carbocycles. The maximum Gasteiger partial charge on any atom is 0.332 e. The molecule has 0 spiro atoms. The Kier molecular flexibility index (Phi) is 89.3. The Morgan fingerprint density at radius 1 is 0.258 bits per heavy atom. The van der Waals surface area contributed by atoms with E-state index in [0.717, 1.165) is 12.8 Å². The van der Waals surface area contributed by atoms with Crippen LogP contribution in [0.5, 0.6) is 0 Å². The summed E-state index contributed by atoms with van der Waals surface area (Å²) in [7, 11) is 0. The fraction of sp³-hybridized carbons (Fsp3) is 0.986. The van der Waals surface area contributed by atoms with Gasteiger partial charge in [-0.2, -0.15) is 0 Å². The van der Waals surface area contributed by atoms with Crippen molar-refractivity contribution in [3.8, 4) is 0 Å². The largest absolute Gasteiger partial charge is 0.480 e. The van der Waals surface area contributed by atoms with Crippen LogP contribution in [-0.2, 0) is 4.79 Å². The summed E-state index contributed by atoms with van der Waals surface area (Å²) in [5.74, 6) is -0.563. The van der Waals surface area contributed by atoms with E-state index in [1.807, 2.05) is 47.0 Å². The molecule has 0 rings (SSSR count). The number of carboxylic acid groups (broad SMARTS) is 1. The van der Waals surface area contributed by atoms with Crippen LogP contribution in [0.25, 0.3) is 0 Å². The molecule has 0 heterocycles. The Labute approximate surface area is 605 Å². The number of hydrogen-bond acceptors (Lipinski definition) is 25.